The molecule has 0 fully saturated rings. The molecule has 0 saturated heterocycles. The van der Waals surface area contributed by atoms with Crippen molar-refractivity contribution in [3.05, 3.63) is 40.1 Å². The number of unbranched alkanes of at least 4 members (excludes halogenated alkanes) is 3. The number of thiophene rings is 1. The zero-order chi connectivity index (χ0) is 20.4. The molecule has 0 bridgehead atoms. The Morgan fingerprint density at radius 1 is 1.25 bits per heavy atom. The van der Waals surface area contributed by atoms with Crippen molar-refractivity contribution in [2.24, 2.45) is 0 Å². The first-order valence-corrected chi connectivity index (χ1v) is 11.1. The number of esters is 1. The van der Waals surface area contributed by atoms with Crippen molar-refractivity contribution in [3.63, 3.8) is 0 Å². The summed E-state index contributed by atoms with van der Waals surface area (Å²) in [6.07, 6.45) is 4.56. The van der Waals surface area contributed by atoms with E-state index in [9.17, 15) is 4.79 Å². The van der Waals surface area contributed by atoms with Crippen molar-refractivity contribution in [3.8, 4) is 0 Å². The summed E-state index contributed by atoms with van der Waals surface area (Å²) in [4.78, 5) is 13.5. The summed E-state index contributed by atoms with van der Waals surface area (Å²) in [5, 5.41) is 9.05. The summed E-state index contributed by atoms with van der Waals surface area (Å²) in [6, 6.07) is 8.03. The van der Waals surface area contributed by atoms with E-state index < -0.39 is 0 Å². The zero-order valence-electron chi connectivity index (χ0n) is 16.7. The minimum Gasteiger partial charge on any atom is -0.466 e. The van der Waals surface area contributed by atoms with Crippen molar-refractivity contribution >= 4 is 48.9 Å². The molecule has 2 aromatic rings. The van der Waals surface area contributed by atoms with Gasteiger partial charge in [-0.05, 0) is 43.3 Å². The van der Waals surface area contributed by atoms with Gasteiger partial charge in [0.25, 0.3) is 0 Å². The van der Waals surface area contributed by atoms with Gasteiger partial charge in [0.1, 0.15) is 7.85 Å². The van der Waals surface area contributed by atoms with Crippen LogP contribution in [0, 0.1) is 0 Å². The molecule has 0 aliphatic rings. The predicted octanol–water partition coefficient (Wildman–Crippen LogP) is 4.06. The van der Waals surface area contributed by atoms with E-state index >= 15 is 0 Å². The molecule has 150 valence electrons. The molecule has 28 heavy (non-hydrogen) atoms. The van der Waals surface area contributed by atoms with Crippen LogP contribution in [-0.4, -0.2) is 34.0 Å². The maximum atomic E-state index is 11.4. The van der Waals surface area contributed by atoms with Gasteiger partial charge in [-0.2, -0.15) is 0 Å². The second-order valence-electron chi connectivity index (χ2n) is 6.62. The molecule has 0 amide bonds. The Hall–Kier alpha value is -1.44. The molecule has 2 radical (unpaired) electrons. The lowest BCUT2D eigenvalue weighted by atomic mass is 9.93. The number of rotatable bonds is 12. The van der Waals surface area contributed by atoms with Gasteiger partial charge in [0.2, 0.25) is 0 Å². The Kier molecular flexibility index (Phi) is 9.95. The molecule has 2 rings (SSSR count). The number of benzene rings is 1. The average molecular weight is 416 g/mol. The lowest BCUT2D eigenvalue weighted by Crippen LogP contribution is -2.24. The summed E-state index contributed by atoms with van der Waals surface area (Å²) < 4.78 is 4.96. The number of ether oxygens (including phenoxy) is 1. The topological polar surface area (TPSA) is 50.4 Å². The average Bonchev–Trinajstić information content (AvgIpc) is 3.13. The van der Waals surface area contributed by atoms with E-state index in [2.05, 4.69) is 34.7 Å². The normalized spacial score (nSPS) is 12.0. The number of thiol groups is 1. The van der Waals surface area contributed by atoms with Crippen LogP contribution in [-0.2, 0) is 9.53 Å². The molecular weight excluding hydrogens is 387 g/mol. The van der Waals surface area contributed by atoms with Crippen LogP contribution >= 0.6 is 24.0 Å². The van der Waals surface area contributed by atoms with Crippen molar-refractivity contribution in [2.75, 3.05) is 25.5 Å². The number of hydrogen-bond acceptors (Lipinski definition) is 6. The SMILES string of the molecule is [B]c1ccc(C(NCCCCCCC(=O)OCC)c2sccc2NC)c(S)c1. The summed E-state index contributed by atoms with van der Waals surface area (Å²) in [7, 11) is 7.84. The van der Waals surface area contributed by atoms with Gasteiger partial charge in [0.05, 0.1) is 12.6 Å². The minimum atomic E-state index is -0.0948. The molecule has 1 unspecified atom stereocenters. The van der Waals surface area contributed by atoms with Crippen LogP contribution in [0.4, 0.5) is 5.69 Å². The number of nitrogens with one attached hydrogen (secondary N) is 2. The molecule has 0 saturated carbocycles. The van der Waals surface area contributed by atoms with Gasteiger partial charge in [0, 0.05) is 28.9 Å². The highest BCUT2D eigenvalue weighted by atomic mass is 32.1. The quantitative estimate of drug-likeness (QED) is 0.211. The van der Waals surface area contributed by atoms with Crippen LogP contribution in [0.2, 0.25) is 0 Å². The third kappa shape index (κ3) is 6.87. The summed E-state index contributed by atoms with van der Waals surface area (Å²) in [5.74, 6) is -0.0948. The Bertz CT molecular complexity index is 752. The van der Waals surface area contributed by atoms with Crippen molar-refractivity contribution in [1.82, 2.24) is 5.32 Å². The Balaban J connectivity index is 1.92. The Morgan fingerprint density at radius 3 is 2.75 bits per heavy atom. The van der Waals surface area contributed by atoms with Crippen LogP contribution < -0.4 is 16.1 Å². The second-order valence-corrected chi connectivity index (χ2v) is 8.05. The monoisotopic (exact) mass is 416 g/mol. The summed E-state index contributed by atoms with van der Waals surface area (Å²) >= 11 is 6.38. The molecule has 0 aliphatic carbocycles. The van der Waals surface area contributed by atoms with Crippen LogP contribution in [0.15, 0.2) is 34.5 Å². The first-order valence-electron chi connectivity index (χ1n) is 9.79. The lowest BCUT2D eigenvalue weighted by molar-refractivity contribution is -0.143. The van der Waals surface area contributed by atoms with Gasteiger partial charge in [-0.1, -0.05) is 36.5 Å². The van der Waals surface area contributed by atoms with Gasteiger partial charge >= 0.3 is 5.97 Å². The maximum Gasteiger partial charge on any atom is 0.305 e. The summed E-state index contributed by atoms with van der Waals surface area (Å²) in [5.41, 5.74) is 2.97. The highest BCUT2D eigenvalue weighted by Gasteiger charge is 2.20. The van der Waals surface area contributed by atoms with Gasteiger partial charge in [-0.25, -0.2) is 0 Å². The van der Waals surface area contributed by atoms with Gasteiger partial charge in [-0.3, -0.25) is 4.79 Å². The lowest BCUT2D eigenvalue weighted by Gasteiger charge is -2.22. The Labute approximate surface area is 179 Å². The standard InChI is InChI=1S/C21H29BN2O2S2/c1-3-26-19(25)8-6-4-5-7-12-24-20(21-17(23-2)11-13-28-21)16-10-9-15(22)14-18(16)27/h9-11,13-14,20,23-24,27H,3-8,12H2,1-2H3. The van der Waals surface area contributed by atoms with Crippen molar-refractivity contribution in [2.45, 2.75) is 50.0 Å². The second kappa shape index (κ2) is 12.2. The van der Waals surface area contributed by atoms with Crippen LogP contribution in [0.1, 0.15) is 55.5 Å². The zero-order valence-corrected chi connectivity index (χ0v) is 18.4. The number of hydrogen-bond donors (Lipinski definition) is 3. The first-order chi connectivity index (χ1) is 13.6. The highest BCUT2D eigenvalue weighted by Crippen LogP contribution is 2.35. The van der Waals surface area contributed by atoms with Crippen LogP contribution in [0.3, 0.4) is 0 Å². The van der Waals surface area contributed by atoms with E-state index in [1.54, 1.807) is 11.3 Å². The van der Waals surface area contributed by atoms with Crippen LogP contribution in [0.25, 0.3) is 0 Å². The van der Waals surface area contributed by atoms with Gasteiger partial charge < -0.3 is 15.4 Å². The predicted molar refractivity (Wildman–Crippen MR) is 123 cm³/mol. The molecule has 1 aromatic heterocycles. The molecule has 0 spiro atoms. The van der Waals surface area contributed by atoms with E-state index in [-0.39, 0.29) is 12.0 Å². The van der Waals surface area contributed by atoms with E-state index in [1.165, 1.54) is 4.88 Å². The molecule has 0 aliphatic heterocycles. The molecule has 4 nitrogen and oxygen atoms in total. The highest BCUT2D eigenvalue weighted by molar-refractivity contribution is 7.80. The van der Waals surface area contributed by atoms with E-state index in [1.807, 2.05) is 32.2 Å². The number of anilines is 1. The molecule has 1 aromatic carbocycles. The van der Waals surface area contributed by atoms with Crippen molar-refractivity contribution < 1.29 is 9.53 Å². The number of carbonyl (C=O) groups is 1. The van der Waals surface area contributed by atoms with Crippen LogP contribution in [0.5, 0.6) is 0 Å². The fourth-order valence-electron chi connectivity index (χ4n) is 3.13. The first kappa shape index (κ1) is 22.8. The molecule has 1 atom stereocenters. The van der Waals surface area contributed by atoms with E-state index in [0.717, 1.165) is 48.4 Å². The molecular formula is C21H29BN2O2S2. The Morgan fingerprint density at radius 2 is 2.04 bits per heavy atom. The van der Waals surface area contributed by atoms with Crippen molar-refractivity contribution in [1.29, 1.82) is 0 Å². The fourth-order valence-corrected chi connectivity index (χ4v) is 4.47. The molecule has 7 heteroatoms. The fraction of sp³-hybridized carbons (Fsp3) is 0.476. The smallest absolute Gasteiger partial charge is 0.305 e. The third-order valence-electron chi connectivity index (χ3n) is 4.55. The maximum absolute atomic E-state index is 11.4. The summed E-state index contributed by atoms with van der Waals surface area (Å²) in [6.45, 7) is 3.19. The van der Waals surface area contributed by atoms with E-state index in [4.69, 9.17) is 12.6 Å². The number of carbonyl (C=O) groups excluding carboxylic acids is 1. The van der Waals surface area contributed by atoms with Gasteiger partial charge in [0.15, 0.2) is 0 Å². The van der Waals surface area contributed by atoms with Gasteiger partial charge in [-0.15, -0.1) is 24.0 Å². The minimum absolute atomic E-state index is 0.0649. The van der Waals surface area contributed by atoms with E-state index in [0.29, 0.717) is 18.5 Å². The molecule has 1 heterocycles. The third-order valence-corrected chi connectivity index (χ3v) is 5.92. The largest absolute Gasteiger partial charge is 0.466 e. The molecule has 2 N–H and O–H groups in total.